The molecule has 1 unspecified atom stereocenters. The van der Waals surface area contributed by atoms with Crippen LogP contribution < -0.4 is 10.5 Å². The highest BCUT2D eigenvalue weighted by molar-refractivity contribution is 5.76. The average molecular weight is 261 g/mol. The standard InChI is InChI=1S/C13H15N3O3/c1-8-12(19-7-9(14)13(17)18-2)16-11-6-4-3-5-10(11)15-8/h3-6,9H,7,14H2,1-2H3. The van der Waals surface area contributed by atoms with Gasteiger partial charge in [-0.3, -0.25) is 4.79 Å². The highest BCUT2D eigenvalue weighted by Crippen LogP contribution is 2.17. The second-order valence-electron chi connectivity index (χ2n) is 4.04. The number of aryl methyl sites for hydroxylation is 1. The van der Waals surface area contributed by atoms with Gasteiger partial charge in [0.15, 0.2) is 0 Å². The number of ether oxygens (including phenoxy) is 2. The largest absolute Gasteiger partial charge is 0.474 e. The van der Waals surface area contributed by atoms with E-state index in [1.54, 1.807) is 6.92 Å². The van der Waals surface area contributed by atoms with Crippen molar-refractivity contribution < 1.29 is 14.3 Å². The maximum atomic E-state index is 11.2. The number of fused-ring (bicyclic) bond motifs is 1. The summed E-state index contributed by atoms with van der Waals surface area (Å²) in [5.74, 6) is -0.149. The third-order valence-corrected chi connectivity index (χ3v) is 2.60. The van der Waals surface area contributed by atoms with Crippen LogP contribution in [0.5, 0.6) is 5.88 Å². The Balaban J connectivity index is 2.16. The molecule has 1 heterocycles. The average Bonchev–Trinajstić information content (AvgIpc) is 2.43. The SMILES string of the molecule is COC(=O)C(N)COc1nc2ccccc2nc1C. The summed E-state index contributed by atoms with van der Waals surface area (Å²) in [7, 11) is 1.28. The van der Waals surface area contributed by atoms with E-state index in [1.165, 1.54) is 7.11 Å². The Labute approximate surface area is 110 Å². The summed E-state index contributed by atoms with van der Waals surface area (Å²) >= 11 is 0. The lowest BCUT2D eigenvalue weighted by atomic mass is 10.3. The Morgan fingerprint density at radius 2 is 1.95 bits per heavy atom. The molecular weight excluding hydrogens is 246 g/mol. The van der Waals surface area contributed by atoms with Crippen LogP contribution in [0.1, 0.15) is 5.69 Å². The Kier molecular flexibility index (Phi) is 3.91. The molecule has 2 rings (SSSR count). The van der Waals surface area contributed by atoms with Gasteiger partial charge in [-0.1, -0.05) is 12.1 Å². The molecule has 1 atom stereocenters. The van der Waals surface area contributed by atoms with Crippen LogP contribution in [-0.4, -0.2) is 35.7 Å². The quantitative estimate of drug-likeness (QED) is 0.820. The number of esters is 1. The molecule has 6 nitrogen and oxygen atoms in total. The fourth-order valence-corrected chi connectivity index (χ4v) is 1.60. The van der Waals surface area contributed by atoms with Crippen molar-refractivity contribution in [3.8, 4) is 5.88 Å². The molecule has 0 spiro atoms. The summed E-state index contributed by atoms with van der Waals surface area (Å²) in [5, 5.41) is 0. The predicted octanol–water partition coefficient (Wildman–Crippen LogP) is 0.817. The molecule has 0 aliphatic carbocycles. The van der Waals surface area contributed by atoms with Gasteiger partial charge < -0.3 is 15.2 Å². The summed E-state index contributed by atoms with van der Waals surface area (Å²) in [6.07, 6.45) is 0. The van der Waals surface area contributed by atoms with E-state index in [1.807, 2.05) is 24.3 Å². The zero-order valence-electron chi connectivity index (χ0n) is 10.8. The van der Waals surface area contributed by atoms with E-state index >= 15 is 0 Å². The van der Waals surface area contributed by atoms with E-state index in [0.29, 0.717) is 11.6 Å². The number of para-hydroxylation sites is 2. The van der Waals surface area contributed by atoms with Gasteiger partial charge in [0.2, 0.25) is 5.88 Å². The molecule has 1 aromatic carbocycles. The minimum atomic E-state index is -0.835. The molecule has 6 heteroatoms. The minimum absolute atomic E-state index is 0.000529. The molecule has 0 aliphatic rings. The first-order valence-corrected chi connectivity index (χ1v) is 5.81. The second-order valence-corrected chi connectivity index (χ2v) is 4.04. The maximum absolute atomic E-state index is 11.2. The molecular formula is C13H15N3O3. The Morgan fingerprint density at radius 1 is 1.32 bits per heavy atom. The number of methoxy groups -OCH3 is 1. The van der Waals surface area contributed by atoms with E-state index in [-0.39, 0.29) is 6.61 Å². The Morgan fingerprint density at radius 3 is 2.58 bits per heavy atom. The van der Waals surface area contributed by atoms with E-state index in [0.717, 1.165) is 11.0 Å². The van der Waals surface area contributed by atoms with Gasteiger partial charge in [-0.25, -0.2) is 9.97 Å². The van der Waals surface area contributed by atoms with E-state index < -0.39 is 12.0 Å². The fraction of sp³-hybridized carbons (Fsp3) is 0.308. The van der Waals surface area contributed by atoms with Crippen molar-refractivity contribution in [2.45, 2.75) is 13.0 Å². The number of nitrogens with zero attached hydrogens (tertiary/aromatic N) is 2. The number of carbonyl (C=O) groups excluding carboxylic acids is 1. The van der Waals surface area contributed by atoms with Gasteiger partial charge in [0.25, 0.3) is 0 Å². The third kappa shape index (κ3) is 2.97. The number of rotatable bonds is 4. The number of carbonyl (C=O) groups is 1. The summed E-state index contributed by atoms with van der Waals surface area (Å²) < 4.78 is 9.95. The first kappa shape index (κ1) is 13.2. The molecule has 0 bridgehead atoms. The van der Waals surface area contributed by atoms with Gasteiger partial charge in [-0.15, -0.1) is 0 Å². The highest BCUT2D eigenvalue weighted by atomic mass is 16.5. The molecule has 1 aromatic heterocycles. The highest BCUT2D eigenvalue weighted by Gasteiger charge is 2.16. The molecule has 0 saturated carbocycles. The zero-order valence-corrected chi connectivity index (χ0v) is 10.8. The van der Waals surface area contributed by atoms with Crippen molar-refractivity contribution in [3.63, 3.8) is 0 Å². The molecule has 0 saturated heterocycles. The van der Waals surface area contributed by atoms with E-state index in [9.17, 15) is 4.79 Å². The molecule has 19 heavy (non-hydrogen) atoms. The van der Waals surface area contributed by atoms with Gasteiger partial charge in [-0.2, -0.15) is 0 Å². The van der Waals surface area contributed by atoms with Crippen molar-refractivity contribution in [1.29, 1.82) is 0 Å². The van der Waals surface area contributed by atoms with Crippen molar-refractivity contribution in [2.75, 3.05) is 13.7 Å². The van der Waals surface area contributed by atoms with Gasteiger partial charge in [0.1, 0.15) is 18.3 Å². The number of hydrogen-bond acceptors (Lipinski definition) is 6. The first-order valence-electron chi connectivity index (χ1n) is 5.81. The monoisotopic (exact) mass is 261 g/mol. The Hall–Kier alpha value is -2.21. The predicted molar refractivity (Wildman–Crippen MR) is 69.8 cm³/mol. The molecule has 0 amide bonds. The van der Waals surface area contributed by atoms with Crippen molar-refractivity contribution in [3.05, 3.63) is 30.0 Å². The van der Waals surface area contributed by atoms with Crippen molar-refractivity contribution >= 4 is 17.0 Å². The van der Waals surface area contributed by atoms with Gasteiger partial charge in [0, 0.05) is 0 Å². The fourth-order valence-electron chi connectivity index (χ4n) is 1.60. The van der Waals surface area contributed by atoms with Crippen molar-refractivity contribution in [1.82, 2.24) is 9.97 Å². The van der Waals surface area contributed by atoms with Crippen LogP contribution in [0.4, 0.5) is 0 Å². The molecule has 2 N–H and O–H groups in total. The summed E-state index contributed by atoms with van der Waals surface area (Å²) in [6.45, 7) is 1.79. The van der Waals surface area contributed by atoms with Gasteiger partial charge >= 0.3 is 5.97 Å². The Bertz CT molecular complexity index is 601. The lowest BCUT2D eigenvalue weighted by Gasteiger charge is -2.12. The zero-order chi connectivity index (χ0) is 13.8. The molecule has 0 aliphatic heterocycles. The molecule has 0 radical (unpaired) electrons. The van der Waals surface area contributed by atoms with Crippen LogP contribution in [0.25, 0.3) is 11.0 Å². The molecule has 100 valence electrons. The van der Waals surface area contributed by atoms with Crippen LogP contribution in [-0.2, 0) is 9.53 Å². The molecule has 2 aromatic rings. The third-order valence-electron chi connectivity index (χ3n) is 2.60. The minimum Gasteiger partial charge on any atom is -0.474 e. The van der Waals surface area contributed by atoms with E-state index in [4.69, 9.17) is 10.5 Å². The van der Waals surface area contributed by atoms with Crippen LogP contribution in [0.3, 0.4) is 0 Å². The van der Waals surface area contributed by atoms with Crippen LogP contribution >= 0.6 is 0 Å². The van der Waals surface area contributed by atoms with Crippen LogP contribution in [0, 0.1) is 6.92 Å². The lowest BCUT2D eigenvalue weighted by molar-refractivity contribution is -0.142. The molecule has 0 fully saturated rings. The first-order chi connectivity index (χ1) is 9.11. The number of hydrogen-bond donors (Lipinski definition) is 1. The number of aromatic nitrogens is 2. The second kappa shape index (κ2) is 5.62. The summed E-state index contributed by atoms with van der Waals surface area (Å²) in [4.78, 5) is 19.9. The number of benzene rings is 1. The summed E-state index contributed by atoms with van der Waals surface area (Å²) in [6, 6.07) is 6.65. The van der Waals surface area contributed by atoms with Gasteiger partial charge in [-0.05, 0) is 19.1 Å². The van der Waals surface area contributed by atoms with E-state index in [2.05, 4.69) is 14.7 Å². The number of nitrogens with two attached hydrogens (primary N) is 1. The smallest absolute Gasteiger partial charge is 0.326 e. The normalized spacial score (nSPS) is 12.2. The van der Waals surface area contributed by atoms with Gasteiger partial charge in [0.05, 0.1) is 18.1 Å². The summed E-state index contributed by atoms with van der Waals surface area (Å²) in [5.41, 5.74) is 7.77. The van der Waals surface area contributed by atoms with Crippen LogP contribution in [0.2, 0.25) is 0 Å². The maximum Gasteiger partial charge on any atom is 0.326 e. The van der Waals surface area contributed by atoms with Crippen LogP contribution in [0.15, 0.2) is 24.3 Å². The van der Waals surface area contributed by atoms with Crippen molar-refractivity contribution in [2.24, 2.45) is 5.73 Å². The topological polar surface area (TPSA) is 87.3 Å². The lowest BCUT2D eigenvalue weighted by Crippen LogP contribution is -2.37.